The quantitative estimate of drug-likeness (QED) is 0.818. The summed E-state index contributed by atoms with van der Waals surface area (Å²) in [7, 11) is 0. The third-order valence-electron chi connectivity index (χ3n) is 2.67. The molecule has 96 valence electrons. The number of rotatable bonds is 6. The molecular formula is C15H25NO. The van der Waals surface area contributed by atoms with Gasteiger partial charge in [-0.1, -0.05) is 45.9 Å². The third kappa shape index (κ3) is 4.39. The third-order valence-corrected chi connectivity index (χ3v) is 2.67. The summed E-state index contributed by atoms with van der Waals surface area (Å²) < 4.78 is 0. The molecule has 0 amide bonds. The van der Waals surface area contributed by atoms with Crippen molar-refractivity contribution in [1.82, 2.24) is 0 Å². The molecule has 0 spiro atoms. The van der Waals surface area contributed by atoms with Gasteiger partial charge in [0.2, 0.25) is 0 Å². The second kappa shape index (κ2) is 6.65. The Bertz CT molecular complexity index is 323. The van der Waals surface area contributed by atoms with Crippen molar-refractivity contribution in [2.45, 2.75) is 34.3 Å². The fraction of sp³-hybridized carbons (Fsp3) is 0.600. The summed E-state index contributed by atoms with van der Waals surface area (Å²) in [5.74, 6) is 1.25. The SMILES string of the molecule is CC(C)CN(CC(C)C)c1ccccc1CO. The first-order valence-electron chi connectivity index (χ1n) is 6.48. The first-order chi connectivity index (χ1) is 8.04. The van der Waals surface area contributed by atoms with Gasteiger partial charge in [-0.05, 0) is 17.9 Å². The maximum Gasteiger partial charge on any atom is 0.0702 e. The maximum absolute atomic E-state index is 9.41. The lowest BCUT2D eigenvalue weighted by Gasteiger charge is -2.30. The molecule has 0 saturated heterocycles. The number of aliphatic hydroxyl groups is 1. The Morgan fingerprint density at radius 2 is 1.53 bits per heavy atom. The van der Waals surface area contributed by atoms with E-state index < -0.39 is 0 Å². The van der Waals surface area contributed by atoms with E-state index in [1.54, 1.807) is 0 Å². The zero-order chi connectivity index (χ0) is 12.8. The standard InChI is InChI=1S/C15H25NO/c1-12(2)9-16(10-13(3)4)15-8-6-5-7-14(15)11-17/h5-8,12-13,17H,9-11H2,1-4H3. The van der Waals surface area contributed by atoms with E-state index in [0.29, 0.717) is 11.8 Å². The van der Waals surface area contributed by atoms with Crippen LogP contribution in [0.2, 0.25) is 0 Å². The number of para-hydroxylation sites is 1. The van der Waals surface area contributed by atoms with Gasteiger partial charge in [0, 0.05) is 24.3 Å². The number of anilines is 1. The van der Waals surface area contributed by atoms with Crippen LogP contribution in [0.5, 0.6) is 0 Å². The molecule has 0 aliphatic carbocycles. The number of aliphatic hydroxyl groups excluding tert-OH is 1. The Morgan fingerprint density at radius 1 is 1.00 bits per heavy atom. The van der Waals surface area contributed by atoms with Crippen LogP contribution >= 0.6 is 0 Å². The molecule has 1 rings (SSSR count). The molecule has 2 nitrogen and oxygen atoms in total. The highest BCUT2D eigenvalue weighted by Crippen LogP contribution is 2.22. The molecule has 17 heavy (non-hydrogen) atoms. The normalized spacial score (nSPS) is 11.2. The van der Waals surface area contributed by atoms with Crippen LogP contribution in [0.1, 0.15) is 33.3 Å². The van der Waals surface area contributed by atoms with Gasteiger partial charge < -0.3 is 10.0 Å². The highest BCUT2D eigenvalue weighted by molar-refractivity contribution is 5.53. The molecule has 0 saturated carbocycles. The van der Waals surface area contributed by atoms with Gasteiger partial charge in [0.05, 0.1) is 6.61 Å². The molecule has 0 fully saturated rings. The second-order valence-corrected chi connectivity index (χ2v) is 5.48. The Kier molecular flexibility index (Phi) is 5.49. The zero-order valence-electron chi connectivity index (χ0n) is 11.5. The van der Waals surface area contributed by atoms with Crippen LogP contribution in [0.15, 0.2) is 24.3 Å². The lowest BCUT2D eigenvalue weighted by Crippen LogP contribution is -2.32. The van der Waals surface area contributed by atoms with Gasteiger partial charge >= 0.3 is 0 Å². The molecular weight excluding hydrogens is 210 g/mol. The minimum atomic E-state index is 0.114. The van der Waals surface area contributed by atoms with Crippen LogP contribution in [-0.2, 0) is 6.61 Å². The van der Waals surface area contributed by atoms with E-state index in [9.17, 15) is 5.11 Å². The van der Waals surface area contributed by atoms with Gasteiger partial charge in [0.25, 0.3) is 0 Å². The minimum absolute atomic E-state index is 0.114. The highest BCUT2D eigenvalue weighted by atomic mass is 16.3. The van der Waals surface area contributed by atoms with Gasteiger partial charge in [0.1, 0.15) is 0 Å². The van der Waals surface area contributed by atoms with Crippen molar-refractivity contribution in [3.63, 3.8) is 0 Å². The first kappa shape index (κ1) is 14.0. The maximum atomic E-state index is 9.41. The van der Waals surface area contributed by atoms with E-state index >= 15 is 0 Å². The van der Waals surface area contributed by atoms with Crippen molar-refractivity contribution in [1.29, 1.82) is 0 Å². The van der Waals surface area contributed by atoms with Crippen molar-refractivity contribution in [3.8, 4) is 0 Å². The fourth-order valence-electron chi connectivity index (χ4n) is 2.11. The first-order valence-corrected chi connectivity index (χ1v) is 6.48. The van der Waals surface area contributed by atoms with E-state index in [2.05, 4.69) is 38.7 Å². The predicted molar refractivity (Wildman–Crippen MR) is 74.3 cm³/mol. The average molecular weight is 235 g/mol. The summed E-state index contributed by atoms with van der Waals surface area (Å²) in [6.07, 6.45) is 0. The molecule has 2 heteroatoms. The van der Waals surface area contributed by atoms with Crippen LogP contribution in [0.25, 0.3) is 0 Å². The largest absolute Gasteiger partial charge is 0.392 e. The predicted octanol–water partition coefficient (Wildman–Crippen LogP) is 3.30. The summed E-state index contributed by atoms with van der Waals surface area (Å²) >= 11 is 0. The lowest BCUT2D eigenvalue weighted by molar-refractivity contribution is 0.282. The van der Waals surface area contributed by atoms with Crippen LogP contribution in [0.4, 0.5) is 5.69 Å². The second-order valence-electron chi connectivity index (χ2n) is 5.48. The molecule has 1 aromatic rings. The highest BCUT2D eigenvalue weighted by Gasteiger charge is 2.13. The Hall–Kier alpha value is -1.02. The Balaban J connectivity index is 2.94. The van der Waals surface area contributed by atoms with Crippen LogP contribution in [0.3, 0.4) is 0 Å². The molecule has 0 aromatic heterocycles. The van der Waals surface area contributed by atoms with Gasteiger partial charge in [-0.15, -0.1) is 0 Å². The number of nitrogens with zero attached hydrogens (tertiary/aromatic N) is 1. The molecule has 0 unspecified atom stereocenters. The molecule has 1 aromatic carbocycles. The van der Waals surface area contributed by atoms with Crippen LogP contribution < -0.4 is 4.90 Å². The average Bonchev–Trinajstić information content (AvgIpc) is 2.27. The van der Waals surface area contributed by atoms with E-state index in [4.69, 9.17) is 0 Å². The molecule has 0 heterocycles. The van der Waals surface area contributed by atoms with Gasteiger partial charge in [-0.3, -0.25) is 0 Å². The van der Waals surface area contributed by atoms with Crippen molar-refractivity contribution >= 4 is 5.69 Å². The smallest absolute Gasteiger partial charge is 0.0702 e. The molecule has 0 bridgehead atoms. The number of hydrogen-bond acceptors (Lipinski definition) is 2. The van der Waals surface area contributed by atoms with Crippen molar-refractivity contribution in [3.05, 3.63) is 29.8 Å². The van der Waals surface area contributed by atoms with Crippen LogP contribution in [0, 0.1) is 11.8 Å². The minimum Gasteiger partial charge on any atom is -0.392 e. The molecule has 0 atom stereocenters. The van der Waals surface area contributed by atoms with Gasteiger partial charge in [-0.25, -0.2) is 0 Å². The van der Waals surface area contributed by atoms with Gasteiger partial charge in [0.15, 0.2) is 0 Å². The molecule has 1 N–H and O–H groups in total. The topological polar surface area (TPSA) is 23.5 Å². The summed E-state index contributed by atoms with van der Waals surface area (Å²) in [4.78, 5) is 2.39. The fourth-order valence-corrected chi connectivity index (χ4v) is 2.11. The lowest BCUT2D eigenvalue weighted by atomic mass is 10.1. The van der Waals surface area contributed by atoms with E-state index in [1.165, 1.54) is 5.69 Å². The Labute approximate surface area is 105 Å². The monoisotopic (exact) mass is 235 g/mol. The van der Waals surface area contributed by atoms with Crippen molar-refractivity contribution < 1.29 is 5.11 Å². The van der Waals surface area contributed by atoms with E-state index in [-0.39, 0.29) is 6.61 Å². The number of benzene rings is 1. The molecule has 0 aliphatic heterocycles. The van der Waals surface area contributed by atoms with Crippen molar-refractivity contribution in [2.24, 2.45) is 11.8 Å². The zero-order valence-corrected chi connectivity index (χ0v) is 11.5. The number of hydrogen-bond donors (Lipinski definition) is 1. The molecule has 0 radical (unpaired) electrons. The molecule has 0 aliphatic rings. The van der Waals surface area contributed by atoms with Crippen molar-refractivity contribution in [2.75, 3.05) is 18.0 Å². The van der Waals surface area contributed by atoms with Crippen LogP contribution in [-0.4, -0.2) is 18.2 Å². The Morgan fingerprint density at radius 3 is 2.00 bits per heavy atom. The summed E-state index contributed by atoms with van der Waals surface area (Å²) in [5.41, 5.74) is 2.20. The van der Waals surface area contributed by atoms with E-state index in [1.807, 2.05) is 18.2 Å². The summed E-state index contributed by atoms with van der Waals surface area (Å²) in [6.45, 7) is 11.1. The van der Waals surface area contributed by atoms with Gasteiger partial charge in [-0.2, -0.15) is 0 Å². The van der Waals surface area contributed by atoms with E-state index in [0.717, 1.165) is 18.7 Å². The summed E-state index contributed by atoms with van der Waals surface area (Å²) in [6, 6.07) is 8.14. The summed E-state index contributed by atoms with van der Waals surface area (Å²) in [5, 5.41) is 9.41.